The van der Waals surface area contributed by atoms with Crippen LogP contribution >= 0.6 is 34.8 Å². The Bertz CT molecular complexity index is 1170. The number of carbonyl (C=O) groups is 1. The summed E-state index contributed by atoms with van der Waals surface area (Å²) in [5.41, 5.74) is -0.511. The second kappa shape index (κ2) is 12.3. The van der Waals surface area contributed by atoms with E-state index in [0.29, 0.717) is 12.1 Å². The van der Waals surface area contributed by atoms with Gasteiger partial charge in [-0.15, -0.1) is 0 Å². The molecule has 1 amide bonds. The van der Waals surface area contributed by atoms with Crippen molar-refractivity contribution in [3.8, 4) is 0 Å². The van der Waals surface area contributed by atoms with Gasteiger partial charge in [0.25, 0.3) is 5.91 Å². The fraction of sp³-hybridized carbons (Fsp3) is 0.318. The minimum Gasteiger partial charge on any atom is -0.287 e. The number of nitrogens with one attached hydrogen (secondary N) is 2. The third-order valence-electron chi connectivity index (χ3n) is 4.84. The predicted octanol–water partition coefficient (Wildman–Crippen LogP) is 8.90. The van der Waals surface area contributed by atoms with Crippen molar-refractivity contribution in [1.29, 1.82) is 0 Å². The molecule has 38 heavy (non-hydrogen) atoms. The molecule has 0 saturated heterocycles. The molecule has 1 atom stereocenters. The topological polar surface area (TPSA) is 41.1 Å². The lowest BCUT2D eigenvalue weighted by Gasteiger charge is -2.19. The van der Waals surface area contributed by atoms with Crippen LogP contribution in [0.3, 0.4) is 0 Å². The number of hydrogen-bond acceptors (Lipinski definition) is 2. The predicted molar refractivity (Wildman–Crippen MR) is 122 cm³/mol. The molecule has 0 radical (unpaired) electrons. The van der Waals surface area contributed by atoms with Gasteiger partial charge in [0, 0.05) is 18.5 Å². The van der Waals surface area contributed by atoms with Gasteiger partial charge in [-0.1, -0.05) is 40.9 Å². The van der Waals surface area contributed by atoms with E-state index in [0.717, 1.165) is 12.1 Å². The van der Waals surface area contributed by atoms with Crippen molar-refractivity contribution in [3.63, 3.8) is 0 Å². The highest BCUT2D eigenvalue weighted by Crippen LogP contribution is 2.42. The summed E-state index contributed by atoms with van der Waals surface area (Å²) >= 11 is 17.2. The molecular weight excluding hydrogens is 605 g/mol. The van der Waals surface area contributed by atoms with Gasteiger partial charge in [-0.3, -0.25) is 10.2 Å². The number of benzene rings is 2. The number of hydrazine groups is 1. The van der Waals surface area contributed by atoms with Gasteiger partial charge in [0.1, 0.15) is 11.7 Å². The van der Waals surface area contributed by atoms with E-state index in [4.69, 9.17) is 34.8 Å². The third kappa shape index (κ3) is 8.92. The molecule has 2 N–H and O–H groups in total. The number of hydrogen-bond donors (Lipinski definition) is 2. The van der Waals surface area contributed by atoms with Crippen molar-refractivity contribution in [2.24, 2.45) is 0 Å². The zero-order chi connectivity index (χ0) is 29.1. The smallest absolute Gasteiger partial charge is 0.287 e. The van der Waals surface area contributed by atoms with E-state index in [2.05, 4.69) is 0 Å². The molecule has 2 aromatic carbocycles. The molecule has 2 rings (SSSR count). The highest BCUT2D eigenvalue weighted by molar-refractivity contribution is 6.48. The van der Waals surface area contributed by atoms with E-state index in [1.807, 2.05) is 5.43 Å². The lowest BCUT2D eigenvalue weighted by atomic mass is 9.95. The van der Waals surface area contributed by atoms with Crippen LogP contribution in [0, 0.1) is 0 Å². The normalized spacial score (nSPS) is 14.0. The number of amides is 1. The highest BCUT2D eigenvalue weighted by Gasteiger charge is 2.41. The molecule has 0 aromatic heterocycles. The fourth-order valence-corrected chi connectivity index (χ4v) is 3.70. The minimum absolute atomic E-state index is 0.00728. The summed E-state index contributed by atoms with van der Waals surface area (Å²) in [6, 6.07) is 2.81. The molecule has 0 bridgehead atoms. The van der Waals surface area contributed by atoms with Gasteiger partial charge in [0.05, 0.1) is 26.2 Å². The van der Waals surface area contributed by atoms with Crippen molar-refractivity contribution < 1.29 is 48.7 Å². The molecule has 0 aliphatic rings. The van der Waals surface area contributed by atoms with Crippen molar-refractivity contribution in [3.05, 3.63) is 73.7 Å². The Hall–Kier alpha value is -2.22. The first kappa shape index (κ1) is 32.0. The van der Waals surface area contributed by atoms with Crippen LogP contribution in [-0.4, -0.2) is 24.8 Å². The fourth-order valence-electron chi connectivity index (χ4n) is 3.09. The molecule has 0 spiro atoms. The zero-order valence-electron chi connectivity index (χ0n) is 18.5. The van der Waals surface area contributed by atoms with Crippen LogP contribution < -0.4 is 10.9 Å². The maximum absolute atomic E-state index is 14.9. The van der Waals surface area contributed by atoms with Crippen molar-refractivity contribution in [2.45, 2.75) is 37.3 Å². The second-order valence-corrected chi connectivity index (χ2v) is 8.88. The Labute approximate surface area is 223 Å². The molecule has 0 heterocycles. The van der Waals surface area contributed by atoms with Gasteiger partial charge in [-0.25, -0.2) is 9.82 Å². The van der Waals surface area contributed by atoms with Crippen LogP contribution in [0.1, 0.15) is 45.8 Å². The summed E-state index contributed by atoms with van der Waals surface area (Å²) in [5.74, 6) is -5.82. The Morgan fingerprint density at radius 1 is 0.921 bits per heavy atom. The van der Waals surface area contributed by atoms with Crippen LogP contribution in [0.15, 0.2) is 36.4 Å². The number of alkyl halides is 9. The molecule has 1 unspecified atom stereocenters. The lowest BCUT2D eigenvalue weighted by Crippen LogP contribution is -2.39. The van der Waals surface area contributed by atoms with E-state index in [1.54, 1.807) is 5.43 Å². The summed E-state index contributed by atoms with van der Waals surface area (Å²) in [6.07, 6.45) is -16.5. The highest BCUT2D eigenvalue weighted by atomic mass is 35.5. The molecule has 0 fully saturated rings. The van der Waals surface area contributed by atoms with Gasteiger partial charge in [-0.05, 0) is 42.3 Å². The summed E-state index contributed by atoms with van der Waals surface area (Å²) in [6.45, 7) is -0.431. The number of halogens is 13. The van der Waals surface area contributed by atoms with Gasteiger partial charge in [0.15, 0.2) is 0 Å². The standard InChI is InChI=1S/C22H15Cl3F10N2O/c23-15-7-11(8-16(24)18(15)25)13(21(30,31)32)9-17(26)10-2-3-12(14(6-10)22(33,34)35)19(38)37-36-5-1-4-20(27,28)29/h2-3,6-9,13,36H,1,4-5H2,(H,37,38)/b17-9-. The molecule has 0 aliphatic carbocycles. The first-order valence-electron chi connectivity index (χ1n) is 10.2. The van der Waals surface area contributed by atoms with E-state index in [-0.39, 0.29) is 27.2 Å². The van der Waals surface area contributed by atoms with Gasteiger partial charge >= 0.3 is 18.5 Å². The molecule has 210 valence electrons. The maximum atomic E-state index is 14.9. The Kier molecular flexibility index (Phi) is 10.4. The van der Waals surface area contributed by atoms with Crippen molar-refractivity contribution in [1.82, 2.24) is 10.9 Å². The quantitative estimate of drug-likeness (QED) is 0.134. The first-order chi connectivity index (χ1) is 17.3. The van der Waals surface area contributed by atoms with E-state index < -0.39 is 77.8 Å². The molecule has 16 heteroatoms. The van der Waals surface area contributed by atoms with Crippen LogP contribution in [0.2, 0.25) is 15.1 Å². The second-order valence-electron chi connectivity index (χ2n) is 7.69. The number of allylic oxidation sites excluding steroid dienone is 1. The van der Waals surface area contributed by atoms with Gasteiger partial charge in [0.2, 0.25) is 0 Å². The first-order valence-corrected chi connectivity index (χ1v) is 11.3. The monoisotopic (exact) mass is 618 g/mol. The van der Waals surface area contributed by atoms with Crippen LogP contribution in [0.4, 0.5) is 43.9 Å². The minimum atomic E-state index is -5.25. The summed E-state index contributed by atoms with van der Waals surface area (Å²) in [7, 11) is 0. The van der Waals surface area contributed by atoms with Crippen molar-refractivity contribution >= 4 is 46.5 Å². The molecule has 2 aromatic rings. The summed E-state index contributed by atoms with van der Waals surface area (Å²) in [5, 5.41) is -1.01. The van der Waals surface area contributed by atoms with Crippen LogP contribution in [-0.2, 0) is 6.18 Å². The van der Waals surface area contributed by atoms with Gasteiger partial charge < -0.3 is 0 Å². The number of rotatable bonds is 8. The average Bonchev–Trinajstić information content (AvgIpc) is 2.77. The lowest BCUT2D eigenvalue weighted by molar-refractivity contribution is -0.140. The van der Waals surface area contributed by atoms with Gasteiger partial charge in [-0.2, -0.15) is 39.5 Å². The SMILES string of the molecule is O=C(NNCCCC(F)(F)F)c1ccc(/C(F)=C/C(c2cc(Cl)c(Cl)c(Cl)c2)C(F)(F)F)cc1C(F)(F)F. The maximum Gasteiger partial charge on any atom is 0.417 e. The van der Waals surface area contributed by atoms with E-state index in [9.17, 15) is 48.7 Å². The van der Waals surface area contributed by atoms with E-state index >= 15 is 0 Å². The third-order valence-corrected chi connectivity index (χ3v) is 6.04. The molecule has 3 nitrogen and oxygen atoms in total. The Morgan fingerprint density at radius 2 is 1.50 bits per heavy atom. The van der Waals surface area contributed by atoms with Crippen molar-refractivity contribution in [2.75, 3.05) is 6.54 Å². The molecule has 0 aliphatic heterocycles. The van der Waals surface area contributed by atoms with Crippen LogP contribution in [0.5, 0.6) is 0 Å². The molecule has 0 saturated carbocycles. The Morgan fingerprint density at radius 3 is 2.00 bits per heavy atom. The molecular formula is C22H15Cl3F10N2O. The summed E-state index contributed by atoms with van der Waals surface area (Å²) < 4.78 is 133. The number of carbonyl (C=O) groups excluding carboxylic acids is 1. The van der Waals surface area contributed by atoms with Crippen LogP contribution in [0.25, 0.3) is 5.83 Å². The van der Waals surface area contributed by atoms with E-state index in [1.165, 1.54) is 0 Å². The zero-order valence-corrected chi connectivity index (χ0v) is 20.8. The largest absolute Gasteiger partial charge is 0.417 e. The average molecular weight is 620 g/mol. The Balaban J connectivity index is 2.38. The summed E-state index contributed by atoms with van der Waals surface area (Å²) in [4.78, 5) is 12.2.